The van der Waals surface area contributed by atoms with Gasteiger partial charge in [0.1, 0.15) is 6.04 Å². The van der Waals surface area contributed by atoms with Crippen LogP contribution in [-0.4, -0.2) is 69.0 Å². The van der Waals surface area contributed by atoms with E-state index in [2.05, 4.69) is 49.8 Å². The SMILES string of the molecule is CC[C@@H](C)C(C(=O)N1CCN(C(C)(C)C)CC1)n1cc(CCCCN)nn1. The first-order valence-corrected chi connectivity index (χ1v) is 10.4. The van der Waals surface area contributed by atoms with Gasteiger partial charge in [-0.3, -0.25) is 9.69 Å². The summed E-state index contributed by atoms with van der Waals surface area (Å²) in [6.45, 7) is 15.0. The van der Waals surface area contributed by atoms with Gasteiger partial charge in [0.15, 0.2) is 0 Å². The molecule has 1 aliphatic rings. The Morgan fingerprint density at radius 3 is 2.44 bits per heavy atom. The number of rotatable bonds is 8. The van der Waals surface area contributed by atoms with Crippen molar-refractivity contribution >= 4 is 5.91 Å². The molecule has 1 aromatic heterocycles. The molecule has 1 saturated heterocycles. The molecule has 0 aliphatic carbocycles. The van der Waals surface area contributed by atoms with Crippen LogP contribution in [-0.2, 0) is 11.2 Å². The van der Waals surface area contributed by atoms with Crippen LogP contribution in [0, 0.1) is 5.92 Å². The Labute approximate surface area is 164 Å². The lowest BCUT2D eigenvalue weighted by Gasteiger charge is -2.43. The lowest BCUT2D eigenvalue weighted by atomic mass is 9.97. The first kappa shape index (κ1) is 21.8. The van der Waals surface area contributed by atoms with Crippen LogP contribution in [0.5, 0.6) is 0 Å². The minimum Gasteiger partial charge on any atom is -0.338 e. The highest BCUT2D eigenvalue weighted by Crippen LogP contribution is 2.25. The Bertz CT molecular complexity index is 586. The zero-order valence-electron chi connectivity index (χ0n) is 17.8. The van der Waals surface area contributed by atoms with E-state index in [9.17, 15) is 4.79 Å². The number of carbonyl (C=O) groups excluding carboxylic acids is 1. The molecule has 2 atom stereocenters. The first-order valence-electron chi connectivity index (χ1n) is 10.4. The molecule has 7 nitrogen and oxygen atoms in total. The Balaban J connectivity index is 2.07. The highest BCUT2D eigenvalue weighted by Gasteiger charge is 2.34. The van der Waals surface area contributed by atoms with Crippen molar-refractivity contribution in [1.29, 1.82) is 0 Å². The number of hydrogen-bond acceptors (Lipinski definition) is 5. The van der Waals surface area contributed by atoms with Crippen molar-refractivity contribution < 1.29 is 4.79 Å². The Morgan fingerprint density at radius 1 is 1.22 bits per heavy atom. The van der Waals surface area contributed by atoms with Gasteiger partial charge < -0.3 is 10.6 Å². The van der Waals surface area contributed by atoms with Gasteiger partial charge in [-0.15, -0.1) is 5.10 Å². The van der Waals surface area contributed by atoms with E-state index in [1.807, 2.05) is 11.1 Å². The molecular weight excluding hydrogens is 340 g/mol. The smallest absolute Gasteiger partial charge is 0.247 e. The molecular formula is C20H38N6O. The largest absolute Gasteiger partial charge is 0.338 e. The maximum Gasteiger partial charge on any atom is 0.247 e. The van der Waals surface area contributed by atoms with Gasteiger partial charge in [-0.2, -0.15) is 0 Å². The second-order valence-corrected chi connectivity index (χ2v) is 8.75. The highest BCUT2D eigenvalue weighted by molar-refractivity contribution is 5.80. The van der Waals surface area contributed by atoms with E-state index in [-0.39, 0.29) is 23.4 Å². The summed E-state index contributed by atoms with van der Waals surface area (Å²) < 4.78 is 1.80. The standard InChI is InChI=1S/C20H38N6O/c1-6-16(2)18(26-15-17(22-23-26)9-7-8-10-21)19(27)24-11-13-25(14-12-24)20(3,4)5/h15-16,18H,6-14,21H2,1-5H3/t16-,18?/m1/s1. The molecule has 0 spiro atoms. The van der Waals surface area contributed by atoms with Crippen LogP contribution in [0.15, 0.2) is 6.20 Å². The normalized spacial score (nSPS) is 18.5. The van der Waals surface area contributed by atoms with Crippen molar-refractivity contribution in [3.05, 3.63) is 11.9 Å². The van der Waals surface area contributed by atoms with Gasteiger partial charge in [-0.25, -0.2) is 4.68 Å². The highest BCUT2D eigenvalue weighted by atomic mass is 16.2. The van der Waals surface area contributed by atoms with E-state index in [0.717, 1.165) is 57.6 Å². The topological polar surface area (TPSA) is 80.3 Å². The number of nitrogens with two attached hydrogens (primary N) is 1. The summed E-state index contributed by atoms with van der Waals surface area (Å²) >= 11 is 0. The summed E-state index contributed by atoms with van der Waals surface area (Å²) in [6.07, 6.45) is 5.74. The molecule has 1 fully saturated rings. The van der Waals surface area contributed by atoms with Crippen molar-refractivity contribution in [2.75, 3.05) is 32.7 Å². The molecule has 0 bridgehead atoms. The second kappa shape index (κ2) is 9.64. The van der Waals surface area contributed by atoms with E-state index in [1.165, 1.54) is 0 Å². The Morgan fingerprint density at radius 2 is 1.89 bits per heavy atom. The summed E-state index contributed by atoms with van der Waals surface area (Å²) in [7, 11) is 0. The molecule has 154 valence electrons. The number of amides is 1. The van der Waals surface area contributed by atoms with Crippen molar-refractivity contribution in [1.82, 2.24) is 24.8 Å². The summed E-state index contributed by atoms with van der Waals surface area (Å²) in [5.41, 5.74) is 6.66. The maximum atomic E-state index is 13.3. The molecule has 0 aromatic carbocycles. The van der Waals surface area contributed by atoms with Crippen LogP contribution in [0.4, 0.5) is 0 Å². The monoisotopic (exact) mass is 378 g/mol. The Kier molecular flexibility index (Phi) is 7.79. The van der Waals surface area contributed by atoms with Crippen LogP contribution in [0.2, 0.25) is 0 Å². The summed E-state index contributed by atoms with van der Waals surface area (Å²) in [6, 6.07) is -0.271. The second-order valence-electron chi connectivity index (χ2n) is 8.75. The third-order valence-corrected chi connectivity index (χ3v) is 5.71. The van der Waals surface area contributed by atoms with Crippen LogP contribution < -0.4 is 5.73 Å². The third kappa shape index (κ3) is 5.75. The van der Waals surface area contributed by atoms with Crippen molar-refractivity contribution in [2.24, 2.45) is 11.7 Å². The molecule has 1 aliphatic heterocycles. The Hall–Kier alpha value is -1.47. The molecule has 7 heteroatoms. The molecule has 2 rings (SSSR count). The molecule has 2 heterocycles. The zero-order valence-corrected chi connectivity index (χ0v) is 17.8. The average Bonchev–Trinajstić information content (AvgIpc) is 3.09. The predicted octanol–water partition coefficient (Wildman–Crippen LogP) is 2.09. The number of nitrogens with zero attached hydrogens (tertiary/aromatic N) is 5. The van der Waals surface area contributed by atoms with Gasteiger partial charge in [0, 0.05) is 37.9 Å². The van der Waals surface area contributed by atoms with Crippen LogP contribution >= 0.6 is 0 Å². The van der Waals surface area contributed by atoms with E-state index in [1.54, 1.807) is 4.68 Å². The van der Waals surface area contributed by atoms with Crippen molar-refractivity contribution in [2.45, 2.75) is 71.9 Å². The molecule has 27 heavy (non-hydrogen) atoms. The van der Waals surface area contributed by atoms with E-state index >= 15 is 0 Å². The van der Waals surface area contributed by atoms with Crippen LogP contribution in [0.3, 0.4) is 0 Å². The van der Waals surface area contributed by atoms with Gasteiger partial charge in [-0.05, 0) is 52.5 Å². The van der Waals surface area contributed by atoms with E-state index in [0.29, 0.717) is 6.54 Å². The first-order chi connectivity index (χ1) is 12.8. The molecule has 1 amide bonds. The minimum absolute atomic E-state index is 0.148. The molecule has 2 N–H and O–H groups in total. The van der Waals surface area contributed by atoms with Crippen molar-refractivity contribution in [3.8, 4) is 0 Å². The molecule has 1 aromatic rings. The van der Waals surface area contributed by atoms with Gasteiger partial charge in [0.25, 0.3) is 0 Å². The average molecular weight is 379 g/mol. The van der Waals surface area contributed by atoms with Crippen LogP contribution in [0.25, 0.3) is 0 Å². The number of unbranched alkanes of at least 4 members (excludes halogenated alkanes) is 1. The minimum atomic E-state index is -0.271. The van der Waals surface area contributed by atoms with Gasteiger partial charge in [0.2, 0.25) is 5.91 Å². The molecule has 0 saturated carbocycles. The number of piperazine rings is 1. The zero-order chi connectivity index (χ0) is 20.0. The predicted molar refractivity (Wildman–Crippen MR) is 108 cm³/mol. The maximum absolute atomic E-state index is 13.3. The lowest BCUT2D eigenvalue weighted by Crippen LogP contribution is -2.56. The van der Waals surface area contributed by atoms with E-state index in [4.69, 9.17) is 5.73 Å². The summed E-state index contributed by atoms with van der Waals surface area (Å²) in [4.78, 5) is 17.8. The quantitative estimate of drug-likeness (QED) is 0.701. The fourth-order valence-corrected chi connectivity index (χ4v) is 3.64. The van der Waals surface area contributed by atoms with E-state index < -0.39 is 0 Å². The summed E-state index contributed by atoms with van der Waals surface area (Å²) in [5, 5.41) is 8.60. The summed E-state index contributed by atoms with van der Waals surface area (Å²) in [5.74, 6) is 0.396. The van der Waals surface area contributed by atoms with Crippen LogP contribution in [0.1, 0.15) is 65.6 Å². The number of carbonyl (C=O) groups is 1. The lowest BCUT2D eigenvalue weighted by molar-refractivity contribution is -0.139. The van der Waals surface area contributed by atoms with Gasteiger partial charge in [0.05, 0.1) is 5.69 Å². The van der Waals surface area contributed by atoms with Gasteiger partial charge in [-0.1, -0.05) is 25.5 Å². The fraction of sp³-hybridized carbons (Fsp3) is 0.850. The van der Waals surface area contributed by atoms with Crippen molar-refractivity contribution in [3.63, 3.8) is 0 Å². The number of aryl methyl sites for hydroxylation is 1. The number of aromatic nitrogens is 3. The fourth-order valence-electron chi connectivity index (χ4n) is 3.64. The molecule has 0 radical (unpaired) electrons. The molecule has 1 unspecified atom stereocenters. The third-order valence-electron chi connectivity index (χ3n) is 5.71. The van der Waals surface area contributed by atoms with Gasteiger partial charge >= 0.3 is 0 Å². The number of hydrogen-bond donors (Lipinski definition) is 1.